The second-order valence-electron chi connectivity index (χ2n) is 6.29. The summed E-state index contributed by atoms with van der Waals surface area (Å²) in [5, 5.41) is -0.769. The van der Waals surface area contributed by atoms with E-state index in [0.717, 1.165) is 18.6 Å². The van der Waals surface area contributed by atoms with E-state index in [9.17, 15) is 18.0 Å². The molecule has 1 unspecified atom stereocenters. The number of hydrogen-bond acceptors (Lipinski definition) is 5. The second kappa shape index (κ2) is 8.26. The molecule has 0 fully saturated rings. The van der Waals surface area contributed by atoms with Crippen LogP contribution in [0.1, 0.15) is 46.2 Å². The van der Waals surface area contributed by atoms with Gasteiger partial charge in [-0.1, -0.05) is 13.3 Å². The molecule has 2 N–H and O–H groups in total. The lowest BCUT2D eigenvalue weighted by Crippen LogP contribution is -2.22. The molecule has 2 aromatic rings. The standard InChI is InChI=1S/C18H21F3N4OS/c1-4-5-13-9-14(24-16(23-13)15(22)27)10-6-11(17(26)25(2)3)8-12(7-10)18(19,20)21/h6-9,15,27H,4-5,22H2,1-3H3. The van der Waals surface area contributed by atoms with Crippen molar-refractivity contribution in [3.8, 4) is 11.3 Å². The van der Waals surface area contributed by atoms with Crippen LogP contribution in [0.4, 0.5) is 13.2 Å². The first kappa shape index (κ1) is 21.2. The predicted octanol–water partition coefficient (Wildman–Crippen LogP) is 3.70. The number of rotatable bonds is 5. The summed E-state index contributed by atoms with van der Waals surface area (Å²) in [6.45, 7) is 1.96. The van der Waals surface area contributed by atoms with E-state index in [1.54, 1.807) is 6.07 Å². The van der Waals surface area contributed by atoms with Gasteiger partial charge in [-0.15, -0.1) is 0 Å². The van der Waals surface area contributed by atoms with Crippen LogP contribution >= 0.6 is 12.6 Å². The van der Waals surface area contributed by atoms with Gasteiger partial charge in [-0.05, 0) is 30.7 Å². The van der Waals surface area contributed by atoms with Crippen LogP contribution in [0.3, 0.4) is 0 Å². The van der Waals surface area contributed by atoms with E-state index in [1.165, 1.54) is 25.1 Å². The fourth-order valence-electron chi connectivity index (χ4n) is 2.50. The van der Waals surface area contributed by atoms with Gasteiger partial charge in [0, 0.05) is 30.9 Å². The SMILES string of the molecule is CCCc1cc(-c2cc(C(=O)N(C)C)cc(C(F)(F)F)c2)nc(C(N)S)n1. The van der Waals surface area contributed by atoms with Gasteiger partial charge in [0.05, 0.1) is 11.3 Å². The number of benzene rings is 1. The van der Waals surface area contributed by atoms with Crippen molar-refractivity contribution in [2.75, 3.05) is 14.1 Å². The molecule has 27 heavy (non-hydrogen) atoms. The number of aryl methyl sites for hydroxylation is 1. The lowest BCUT2D eigenvalue weighted by Gasteiger charge is -2.16. The highest BCUT2D eigenvalue weighted by Gasteiger charge is 2.32. The minimum absolute atomic E-state index is 0.0720. The molecule has 0 radical (unpaired) electrons. The summed E-state index contributed by atoms with van der Waals surface area (Å²) in [4.78, 5) is 22.0. The van der Waals surface area contributed by atoms with Crippen LogP contribution in [-0.4, -0.2) is 34.9 Å². The average Bonchev–Trinajstić information content (AvgIpc) is 2.59. The Morgan fingerprint density at radius 3 is 2.41 bits per heavy atom. The van der Waals surface area contributed by atoms with Crippen LogP contribution in [0, 0.1) is 0 Å². The van der Waals surface area contributed by atoms with Crippen LogP contribution in [0.5, 0.6) is 0 Å². The molecule has 1 aromatic heterocycles. The first-order valence-electron chi connectivity index (χ1n) is 8.28. The summed E-state index contributed by atoms with van der Waals surface area (Å²) in [5.74, 6) is -0.312. The number of amides is 1. The number of nitrogens with zero attached hydrogens (tertiary/aromatic N) is 3. The van der Waals surface area contributed by atoms with Gasteiger partial charge in [0.2, 0.25) is 0 Å². The van der Waals surface area contributed by atoms with Gasteiger partial charge in [0.15, 0.2) is 5.82 Å². The minimum Gasteiger partial charge on any atom is -0.345 e. The maximum Gasteiger partial charge on any atom is 0.416 e. The number of halogens is 3. The zero-order chi connectivity index (χ0) is 20.4. The lowest BCUT2D eigenvalue weighted by molar-refractivity contribution is -0.137. The highest BCUT2D eigenvalue weighted by Crippen LogP contribution is 2.33. The largest absolute Gasteiger partial charge is 0.416 e. The van der Waals surface area contributed by atoms with Crippen molar-refractivity contribution in [1.82, 2.24) is 14.9 Å². The number of hydrogen-bond donors (Lipinski definition) is 2. The molecular formula is C18H21F3N4OS. The Hall–Kier alpha value is -2.13. The number of alkyl halides is 3. The van der Waals surface area contributed by atoms with E-state index < -0.39 is 23.0 Å². The summed E-state index contributed by atoms with van der Waals surface area (Å²) in [6, 6.07) is 4.82. The van der Waals surface area contributed by atoms with Crippen LogP contribution < -0.4 is 5.73 Å². The molecule has 0 saturated carbocycles. The monoisotopic (exact) mass is 398 g/mol. The Balaban J connectivity index is 2.69. The molecule has 0 spiro atoms. The average molecular weight is 398 g/mol. The van der Waals surface area contributed by atoms with Gasteiger partial charge in [0.1, 0.15) is 5.37 Å². The molecular weight excluding hydrogens is 377 g/mol. The molecule has 0 aliphatic rings. The van der Waals surface area contributed by atoms with Gasteiger partial charge in [-0.2, -0.15) is 25.8 Å². The molecule has 1 amide bonds. The number of carbonyl (C=O) groups excluding carboxylic acids is 1. The zero-order valence-electron chi connectivity index (χ0n) is 15.2. The molecule has 0 aliphatic carbocycles. The molecule has 2 rings (SSSR count). The molecule has 1 aromatic carbocycles. The van der Waals surface area contributed by atoms with E-state index in [0.29, 0.717) is 12.1 Å². The van der Waals surface area contributed by atoms with Crippen LogP contribution in [0.25, 0.3) is 11.3 Å². The summed E-state index contributed by atoms with van der Waals surface area (Å²) in [6.07, 6.45) is -3.18. The van der Waals surface area contributed by atoms with Crippen molar-refractivity contribution in [1.29, 1.82) is 0 Å². The molecule has 146 valence electrons. The molecule has 1 heterocycles. The van der Waals surface area contributed by atoms with Crippen molar-refractivity contribution < 1.29 is 18.0 Å². The van der Waals surface area contributed by atoms with Crippen LogP contribution in [0.15, 0.2) is 24.3 Å². The third-order valence-corrected chi connectivity index (χ3v) is 4.01. The Bertz CT molecular complexity index is 838. The molecule has 0 aliphatic heterocycles. The number of carbonyl (C=O) groups is 1. The lowest BCUT2D eigenvalue weighted by atomic mass is 10.0. The Labute approximate surface area is 161 Å². The quantitative estimate of drug-likeness (QED) is 0.595. The summed E-state index contributed by atoms with van der Waals surface area (Å²) in [5.41, 5.74) is 5.84. The second-order valence-corrected chi connectivity index (χ2v) is 6.85. The minimum atomic E-state index is -4.60. The Kier molecular flexibility index (Phi) is 6.48. The molecule has 0 saturated heterocycles. The molecule has 5 nitrogen and oxygen atoms in total. The fourth-order valence-corrected chi connectivity index (χ4v) is 2.62. The highest BCUT2D eigenvalue weighted by atomic mass is 32.1. The maximum atomic E-state index is 13.3. The fraction of sp³-hybridized carbons (Fsp3) is 0.389. The van der Waals surface area contributed by atoms with Gasteiger partial charge >= 0.3 is 6.18 Å². The van der Waals surface area contributed by atoms with Crippen LogP contribution in [0.2, 0.25) is 0 Å². The van der Waals surface area contributed by atoms with Gasteiger partial charge < -0.3 is 10.6 Å². The summed E-state index contributed by atoms with van der Waals surface area (Å²) < 4.78 is 40.0. The predicted molar refractivity (Wildman–Crippen MR) is 100 cm³/mol. The van der Waals surface area contributed by atoms with E-state index in [2.05, 4.69) is 22.6 Å². The Morgan fingerprint density at radius 1 is 1.22 bits per heavy atom. The van der Waals surface area contributed by atoms with Crippen LogP contribution in [-0.2, 0) is 12.6 Å². The van der Waals surface area contributed by atoms with Gasteiger partial charge in [-0.3, -0.25) is 4.79 Å². The number of aromatic nitrogens is 2. The maximum absolute atomic E-state index is 13.3. The van der Waals surface area contributed by atoms with Gasteiger partial charge in [-0.25, -0.2) is 9.97 Å². The van der Waals surface area contributed by atoms with E-state index >= 15 is 0 Å². The van der Waals surface area contributed by atoms with E-state index in [4.69, 9.17) is 5.73 Å². The normalized spacial score (nSPS) is 12.7. The van der Waals surface area contributed by atoms with Crippen molar-refractivity contribution in [2.45, 2.75) is 31.3 Å². The third-order valence-electron chi connectivity index (χ3n) is 3.78. The third kappa shape index (κ3) is 5.20. The van der Waals surface area contributed by atoms with Gasteiger partial charge in [0.25, 0.3) is 5.91 Å². The zero-order valence-corrected chi connectivity index (χ0v) is 16.1. The van der Waals surface area contributed by atoms with E-state index in [-0.39, 0.29) is 22.6 Å². The van der Waals surface area contributed by atoms with Crippen molar-refractivity contribution in [3.63, 3.8) is 0 Å². The molecule has 9 heteroatoms. The highest BCUT2D eigenvalue weighted by molar-refractivity contribution is 7.80. The molecule has 0 bridgehead atoms. The van der Waals surface area contributed by atoms with Crippen molar-refractivity contribution in [3.05, 3.63) is 46.9 Å². The first-order chi connectivity index (χ1) is 12.5. The van der Waals surface area contributed by atoms with Crippen molar-refractivity contribution in [2.24, 2.45) is 5.73 Å². The molecule has 1 atom stereocenters. The summed E-state index contributed by atoms with van der Waals surface area (Å²) in [7, 11) is 2.95. The summed E-state index contributed by atoms with van der Waals surface area (Å²) >= 11 is 4.12. The Morgan fingerprint density at radius 2 is 1.89 bits per heavy atom. The first-order valence-corrected chi connectivity index (χ1v) is 8.80. The number of nitrogens with two attached hydrogens (primary N) is 1. The smallest absolute Gasteiger partial charge is 0.345 e. The topological polar surface area (TPSA) is 72.1 Å². The van der Waals surface area contributed by atoms with Crippen molar-refractivity contribution >= 4 is 18.5 Å². The number of thiol groups is 1. The van der Waals surface area contributed by atoms with E-state index in [1.807, 2.05) is 6.92 Å².